The highest BCUT2D eigenvalue weighted by Crippen LogP contribution is 2.58. The molecule has 0 saturated heterocycles. The van der Waals surface area contributed by atoms with E-state index in [4.69, 9.17) is 8.83 Å². The van der Waals surface area contributed by atoms with Crippen LogP contribution >= 0.6 is 0 Å². The molecule has 12 rings (SSSR count). The Morgan fingerprint density at radius 1 is 0.393 bits per heavy atom. The number of furan rings is 2. The molecule has 2 atom stereocenters. The molecular weight excluding hydrogens is 757 g/mol. The monoisotopic (exact) mass is 800 g/mol. The summed E-state index contributed by atoms with van der Waals surface area (Å²) >= 11 is 0. The van der Waals surface area contributed by atoms with Gasteiger partial charge >= 0.3 is 0 Å². The highest BCUT2D eigenvalue weighted by Gasteiger charge is 2.50. The summed E-state index contributed by atoms with van der Waals surface area (Å²) in [6, 6.07) is 62.9. The lowest BCUT2D eigenvalue weighted by Crippen LogP contribution is -2.42. The van der Waals surface area contributed by atoms with Crippen molar-refractivity contribution in [3.05, 3.63) is 215 Å². The van der Waals surface area contributed by atoms with E-state index in [1.807, 2.05) is 0 Å². The van der Waals surface area contributed by atoms with Gasteiger partial charge in [-0.25, -0.2) is 0 Å². The highest BCUT2D eigenvalue weighted by atomic mass is 28.3. The average molecular weight is 801 g/mol. The molecule has 0 aliphatic heterocycles. The Labute approximate surface area is 357 Å². The minimum absolute atomic E-state index is 0.158. The van der Waals surface area contributed by atoms with Crippen molar-refractivity contribution >= 4 is 74.5 Å². The summed E-state index contributed by atoms with van der Waals surface area (Å²) in [4.78, 5) is 0. The number of aryl methyl sites for hydroxylation is 2. The zero-order chi connectivity index (χ0) is 41.0. The van der Waals surface area contributed by atoms with E-state index in [1.165, 1.54) is 98.7 Å². The number of rotatable bonds is 6. The first-order valence-electron chi connectivity index (χ1n) is 21.5. The first-order valence-corrected chi connectivity index (χ1v) is 24.6. The Morgan fingerprint density at radius 3 is 1.26 bits per heavy atom. The van der Waals surface area contributed by atoms with E-state index in [9.17, 15) is 0 Å². The van der Waals surface area contributed by atoms with E-state index < -0.39 is 8.07 Å². The lowest BCUT2D eigenvalue weighted by molar-refractivity contribution is 0.519. The van der Waals surface area contributed by atoms with Gasteiger partial charge in [-0.05, 0) is 150 Å². The van der Waals surface area contributed by atoms with Gasteiger partial charge < -0.3 is 8.83 Å². The molecule has 292 valence electrons. The molecule has 2 heterocycles. The summed E-state index contributed by atoms with van der Waals surface area (Å²) in [5.74, 6) is 3.78. The van der Waals surface area contributed by atoms with E-state index in [2.05, 4.69) is 209 Å². The van der Waals surface area contributed by atoms with Crippen LogP contribution in [0.3, 0.4) is 0 Å². The molecular formula is C58H44O2Si. The zero-order valence-electron chi connectivity index (χ0n) is 34.8. The van der Waals surface area contributed by atoms with Crippen molar-refractivity contribution in [1.82, 2.24) is 0 Å². The van der Waals surface area contributed by atoms with Crippen LogP contribution in [0.2, 0.25) is 13.1 Å². The predicted molar refractivity (Wildman–Crippen MR) is 259 cm³/mol. The predicted octanol–water partition coefficient (Wildman–Crippen LogP) is 16.2. The molecule has 0 spiro atoms. The number of allylic oxidation sites excluding steroid dienone is 2. The largest absolute Gasteiger partial charge is 0.462 e. The van der Waals surface area contributed by atoms with Gasteiger partial charge in [0, 0.05) is 22.2 Å². The van der Waals surface area contributed by atoms with Crippen LogP contribution in [-0.2, 0) is 0 Å². The number of hydrogen-bond donors (Lipinski definition) is 0. The van der Waals surface area contributed by atoms with E-state index in [0.29, 0.717) is 0 Å². The molecule has 2 aromatic heterocycles. The lowest BCUT2D eigenvalue weighted by atomic mass is 9.93. The van der Waals surface area contributed by atoms with Gasteiger partial charge in [-0.2, -0.15) is 0 Å². The second kappa shape index (κ2) is 13.5. The van der Waals surface area contributed by atoms with Crippen LogP contribution in [0.15, 0.2) is 179 Å². The van der Waals surface area contributed by atoms with Crippen molar-refractivity contribution in [1.29, 1.82) is 0 Å². The topological polar surface area (TPSA) is 26.3 Å². The molecule has 2 aliphatic rings. The van der Waals surface area contributed by atoms with Gasteiger partial charge in [-0.1, -0.05) is 147 Å². The summed E-state index contributed by atoms with van der Waals surface area (Å²) in [5, 5.41) is 10.2. The summed E-state index contributed by atoms with van der Waals surface area (Å²) in [7, 11) is -2.47. The van der Waals surface area contributed by atoms with Crippen LogP contribution in [0.5, 0.6) is 0 Å². The van der Waals surface area contributed by atoms with E-state index in [0.717, 1.165) is 23.0 Å². The van der Waals surface area contributed by atoms with Crippen LogP contribution in [0.1, 0.15) is 56.4 Å². The van der Waals surface area contributed by atoms with Crippen LogP contribution in [-0.4, -0.2) is 8.07 Å². The standard InChI is InChI=1S/C58H44O2Si/c1-35-19-29-55(59-35)53-33-51-45(41-25-27-47-39(31-41)23-21-37-11-5-7-13-43(37)47)15-9-17-49(51)57(53)61(3,4)58-50-18-10-16-46(52(50)34-54(58)56-30-20-36(2)60-56)42-26-28-48-40(32-42)24-22-38-12-6-8-14-44(38)48/h5-34,57-58H,1-4H3. The molecule has 61 heavy (non-hydrogen) atoms. The summed E-state index contributed by atoms with van der Waals surface area (Å²) in [6.07, 6.45) is 4.91. The lowest BCUT2D eigenvalue weighted by Gasteiger charge is -2.39. The first-order chi connectivity index (χ1) is 29.8. The van der Waals surface area contributed by atoms with Crippen molar-refractivity contribution < 1.29 is 8.83 Å². The summed E-state index contributed by atoms with van der Waals surface area (Å²) in [6.45, 7) is 9.30. The van der Waals surface area contributed by atoms with Crippen LogP contribution in [0.25, 0.3) is 88.6 Å². The van der Waals surface area contributed by atoms with Gasteiger partial charge in [0.05, 0.1) is 8.07 Å². The molecule has 2 aliphatic carbocycles. The molecule has 2 unspecified atom stereocenters. The maximum atomic E-state index is 6.57. The molecule has 8 aromatic carbocycles. The van der Waals surface area contributed by atoms with Gasteiger partial charge in [-0.3, -0.25) is 0 Å². The summed E-state index contributed by atoms with van der Waals surface area (Å²) < 4.78 is 13.1. The second-order valence-electron chi connectivity index (χ2n) is 17.8. The zero-order valence-corrected chi connectivity index (χ0v) is 35.8. The molecule has 0 fully saturated rings. The third-order valence-electron chi connectivity index (χ3n) is 13.8. The van der Waals surface area contributed by atoms with Gasteiger partial charge in [0.15, 0.2) is 0 Å². The average Bonchev–Trinajstić information content (AvgIpc) is 4.10. The third kappa shape index (κ3) is 5.61. The fourth-order valence-electron chi connectivity index (χ4n) is 11.0. The maximum absolute atomic E-state index is 6.57. The van der Waals surface area contributed by atoms with E-state index in [1.54, 1.807) is 0 Å². The van der Waals surface area contributed by atoms with Crippen LogP contribution < -0.4 is 0 Å². The number of benzene rings is 8. The number of fused-ring (bicyclic) bond motifs is 8. The Bertz CT molecular complexity index is 3270. The molecule has 0 bridgehead atoms. The first kappa shape index (κ1) is 36.0. The van der Waals surface area contributed by atoms with Crippen molar-refractivity contribution in [3.63, 3.8) is 0 Å². The SMILES string of the molecule is Cc1ccc(C2=Cc3c(-c4ccc5c(ccc6ccccc65)c4)cccc3C2[Si](C)(C)C2C(c3ccc(C)o3)=Cc3c(-c4ccc5c(ccc6ccccc65)c4)cccc32)o1. The molecule has 0 amide bonds. The van der Waals surface area contributed by atoms with Crippen molar-refractivity contribution in [3.8, 4) is 22.3 Å². The van der Waals surface area contributed by atoms with Gasteiger partial charge in [0.25, 0.3) is 0 Å². The van der Waals surface area contributed by atoms with E-state index >= 15 is 0 Å². The molecule has 0 saturated carbocycles. The Hall–Kier alpha value is -6.94. The van der Waals surface area contributed by atoms with Gasteiger partial charge in [0.1, 0.15) is 23.0 Å². The fraction of sp³-hybridized carbons (Fsp3) is 0.103. The van der Waals surface area contributed by atoms with E-state index in [-0.39, 0.29) is 11.1 Å². The van der Waals surface area contributed by atoms with Crippen LogP contribution in [0.4, 0.5) is 0 Å². The Morgan fingerprint density at radius 2 is 0.820 bits per heavy atom. The van der Waals surface area contributed by atoms with Gasteiger partial charge in [-0.15, -0.1) is 0 Å². The maximum Gasteiger partial charge on any atom is 0.130 e. The molecule has 3 heteroatoms. The second-order valence-corrected chi connectivity index (χ2v) is 22.6. The quantitative estimate of drug-likeness (QED) is 0.124. The Balaban J connectivity index is 1.02. The molecule has 0 radical (unpaired) electrons. The fourth-order valence-corrected chi connectivity index (χ4v) is 15.5. The smallest absolute Gasteiger partial charge is 0.130 e. The molecule has 2 nitrogen and oxygen atoms in total. The Kier molecular flexibility index (Phi) is 7.98. The normalized spacial score (nSPS) is 16.1. The van der Waals surface area contributed by atoms with Gasteiger partial charge in [0.2, 0.25) is 0 Å². The van der Waals surface area contributed by atoms with Crippen LogP contribution in [0, 0.1) is 13.8 Å². The minimum Gasteiger partial charge on any atom is -0.462 e. The minimum atomic E-state index is -2.47. The third-order valence-corrected chi connectivity index (χ3v) is 18.0. The summed E-state index contributed by atoms with van der Waals surface area (Å²) in [5.41, 5.74) is 13.2. The molecule has 10 aromatic rings. The van der Waals surface area contributed by atoms with Crippen molar-refractivity contribution in [2.75, 3.05) is 0 Å². The number of hydrogen-bond acceptors (Lipinski definition) is 2. The highest BCUT2D eigenvalue weighted by molar-refractivity contribution is 6.84. The van der Waals surface area contributed by atoms with Crippen molar-refractivity contribution in [2.45, 2.75) is 38.0 Å². The molecule has 0 N–H and O–H groups in total. The van der Waals surface area contributed by atoms with Crippen molar-refractivity contribution in [2.24, 2.45) is 0 Å².